The number of carbonyl (C=O) groups excluding carboxylic acids is 2. The van der Waals surface area contributed by atoms with Crippen molar-refractivity contribution >= 4 is 29.1 Å². The van der Waals surface area contributed by atoms with Gasteiger partial charge in [0.2, 0.25) is 5.66 Å². The van der Waals surface area contributed by atoms with Crippen LogP contribution < -0.4 is 10.6 Å². The molecule has 1 heterocycles. The van der Waals surface area contributed by atoms with Crippen molar-refractivity contribution < 1.29 is 14.4 Å². The van der Waals surface area contributed by atoms with E-state index in [0.717, 1.165) is 22.3 Å². The van der Waals surface area contributed by atoms with Crippen molar-refractivity contribution in [1.82, 2.24) is 15.7 Å². The summed E-state index contributed by atoms with van der Waals surface area (Å²) in [5.41, 5.74) is 1.42. The minimum Gasteiger partial charge on any atom is -0.344 e. The maximum Gasteiger partial charge on any atom is 0.296 e. The van der Waals surface area contributed by atoms with Gasteiger partial charge in [-0.25, -0.2) is 4.79 Å². The molecule has 6 nitrogen and oxygen atoms in total. The van der Waals surface area contributed by atoms with E-state index in [1.54, 1.807) is 5.94 Å². The fourth-order valence-corrected chi connectivity index (χ4v) is 4.05. The summed E-state index contributed by atoms with van der Waals surface area (Å²) in [5, 5.41) is 7.46. The fourth-order valence-electron chi connectivity index (χ4n) is 3.72. The third kappa shape index (κ3) is 5.28. The molecule has 0 aromatic heterocycles. The van der Waals surface area contributed by atoms with Crippen LogP contribution in [-0.2, 0) is 27.5 Å². The Morgan fingerprint density at radius 1 is 0.941 bits per heavy atom. The number of amides is 1. The van der Waals surface area contributed by atoms with E-state index in [2.05, 4.69) is 10.6 Å². The molecule has 0 saturated carbocycles. The van der Waals surface area contributed by atoms with Crippen LogP contribution in [-0.4, -0.2) is 29.1 Å². The van der Waals surface area contributed by atoms with E-state index in [0.29, 0.717) is 24.2 Å². The van der Waals surface area contributed by atoms with Gasteiger partial charge in [-0.15, -0.1) is 0 Å². The van der Waals surface area contributed by atoms with Crippen LogP contribution in [0.25, 0.3) is 5.70 Å². The van der Waals surface area contributed by atoms with Gasteiger partial charge >= 0.3 is 0 Å². The molecule has 2 N–H and O–H groups in total. The van der Waals surface area contributed by atoms with Gasteiger partial charge in [-0.05, 0) is 17.5 Å². The molecular weight excluding hydrogens is 450 g/mol. The molecule has 1 aliphatic heterocycles. The molecule has 0 radical (unpaired) electrons. The van der Waals surface area contributed by atoms with Crippen LogP contribution in [0.4, 0.5) is 0 Å². The first-order chi connectivity index (χ1) is 16.6. The van der Waals surface area contributed by atoms with E-state index in [9.17, 15) is 9.59 Å². The SMILES string of the molecule is O=C=CC1(NCCc2ccccc2)NC(Cl)=C(c2ccccc2)N(OCc2ccccc2)C1=O. The Balaban J connectivity index is 1.65. The van der Waals surface area contributed by atoms with Crippen molar-refractivity contribution in [3.63, 3.8) is 0 Å². The van der Waals surface area contributed by atoms with Crippen molar-refractivity contribution in [2.24, 2.45) is 0 Å². The summed E-state index contributed by atoms with van der Waals surface area (Å²) < 4.78 is 0. The summed E-state index contributed by atoms with van der Waals surface area (Å²) in [6, 6.07) is 28.5. The van der Waals surface area contributed by atoms with Crippen molar-refractivity contribution in [2.75, 3.05) is 6.54 Å². The third-order valence-electron chi connectivity index (χ3n) is 5.43. The summed E-state index contributed by atoms with van der Waals surface area (Å²) in [6.07, 6.45) is 1.74. The lowest BCUT2D eigenvalue weighted by Crippen LogP contribution is -2.67. The lowest BCUT2D eigenvalue weighted by molar-refractivity contribution is -0.178. The number of rotatable bonds is 9. The van der Waals surface area contributed by atoms with Crippen molar-refractivity contribution in [3.05, 3.63) is 119 Å². The highest BCUT2D eigenvalue weighted by Crippen LogP contribution is 2.32. The lowest BCUT2D eigenvalue weighted by atomic mass is 10.0. The van der Waals surface area contributed by atoms with E-state index < -0.39 is 11.6 Å². The average Bonchev–Trinajstić information content (AvgIpc) is 2.87. The van der Waals surface area contributed by atoms with Gasteiger partial charge in [0.05, 0.1) is 0 Å². The van der Waals surface area contributed by atoms with Crippen LogP contribution in [0.3, 0.4) is 0 Å². The first-order valence-electron chi connectivity index (χ1n) is 10.9. The quantitative estimate of drug-likeness (QED) is 0.362. The zero-order valence-electron chi connectivity index (χ0n) is 18.4. The van der Waals surface area contributed by atoms with Crippen LogP contribution in [0.1, 0.15) is 16.7 Å². The minimum absolute atomic E-state index is 0.137. The molecule has 172 valence electrons. The van der Waals surface area contributed by atoms with Gasteiger partial charge in [0.1, 0.15) is 23.4 Å². The van der Waals surface area contributed by atoms with Crippen molar-refractivity contribution in [1.29, 1.82) is 0 Å². The third-order valence-corrected chi connectivity index (χ3v) is 5.70. The Bertz CT molecular complexity index is 1200. The van der Waals surface area contributed by atoms with Gasteiger partial charge < -0.3 is 5.32 Å². The predicted octanol–water partition coefficient (Wildman–Crippen LogP) is 4.03. The molecule has 0 fully saturated rings. The molecule has 0 bridgehead atoms. The van der Waals surface area contributed by atoms with Crippen LogP contribution >= 0.6 is 11.6 Å². The Kier molecular flexibility index (Phi) is 7.58. The number of hydrogen-bond acceptors (Lipinski definition) is 5. The predicted molar refractivity (Wildman–Crippen MR) is 132 cm³/mol. The Morgan fingerprint density at radius 3 is 2.15 bits per heavy atom. The highest BCUT2D eigenvalue weighted by atomic mass is 35.5. The lowest BCUT2D eigenvalue weighted by Gasteiger charge is -2.41. The smallest absolute Gasteiger partial charge is 0.296 e. The van der Waals surface area contributed by atoms with Crippen LogP contribution in [0.5, 0.6) is 0 Å². The standard InChI is InChI=1S/C27H24ClN3O3/c28-25-24(23-14-8-3-9-15-23)31(34-20-22-12-6-2-7-13-22)26(33)27(30-25,17-19-32)29-18-16-21-10-4-1-5-11-21/h1-15,17,29-30H,16,18,20H2. The zero-order valence-corrected chi connectivity index (χ0v) is 19.2. The van der Waals surface area contributed by atoms with E-state index in [1.165, 1.54) is 0 Å². The van der Waals surface area contributed by atoms with Crippen molar-refractivity contribution in [3.8, 4) is 0 Å². The zero-order chi connectivity index (χ0) is 23.8. The summed E-state index contributed by atoms with van der Waals surface area (Å²) in [7, 11) is 0. The molecule has 0 spiro atoms. The molecular formula is C27H24ClN3O3. The molecule has 1 atom stereocenters. The van der Waals surface area contributed by atoms with E-state index in [4.69, 9.17) is 16.4 Å². The first kappa shape index (κ1) is 23.5. The minimum atomic E-state index is -1.61. The maximum atomic E-state index is 13.8. The summed E-state index contributed by atoms with van der Waals surface area (Å²) in [4.78, 5) is 31.3. The fraction of sp³-hybridized carbons (Fsp3) is 0.148. The second-order valence-electron chi connectivity index (χ2n) is 7.74. The van der Waals surface area contributed by atoms with Gasteiger partial charge in [-0.3, -0.25) is 14.9 Å². The molecule has 1 amide bonds. The molecule has 3 aromatic rings. The molecule has 0 aliphatic carbocycles. The van der Waals surface area contributed by atoms with Gasteiger partial charge in [-0.2, -0.15) is 5.06 Å². The van der Waals surface area contributed by atoms with Gasteiger partial charge in [0.25, 0.3) is 5.91 Å². The maximum absolute atomic E-state index is 13.8. The number of nitrogens with one attached hydrogen (secondary N) is 2. The van der Waals surface area contributed by atoms with E-state index in [-0.39, 0.29) is 11.8 Å². The number of carbonyl (C=O) groups is 1. The topological polar surface area (TPSA) is 70.7 Å². The number of halogens is 1. The van der Waals surface area contributed by atoms with E-state index >= 15 is 0 Å². The molecule has 3 aromatic carbocycles. The molecule has 7 heteroatoms. The Morgan fingerprint density at radius 2 is 1.53 bits per heavy atom. The largest absolute Gasteiger partial charge is 0.344 e. The molecule has 34 heavy (non-hydrogen) atoms. The number of hydrogen-bond donors (Lipinski definition) is 2. The normalized spacial score (nSPS) is 17.8. The Labute approximate surface area is 203 Å². The van der Waals surface area contributed by atoms with Gasteiger partial charge in [0, 0.05) is 18.2 Å². The second-order valence-corrected chi connectivity index (χ2v) is 8.12. The second kappa shape index (κ2) is 11.0. The van der Waals surface area contributed by atoms with Gasteiger partial charge in [0.15, 0.2) is 0 Å². The highest BCUT2D eigenvalue weighted by molar-refractivity contribution is 6.33. The van der Waals surface area contributed by atoms with Crippen LogP contribution in [0.15, 0.2) is 102 Å². The van der Waals surface area contributed by atoms with Crippen molar-refractivity contribution in [2.45, 2.75) is 18.7 Å². The van der Waals surface area contributed by atoms with Gasteiger partial charge in [-0.1, -0.05) is 103 Å². The summed E-state index contributed by atoms with van der Waals surface area (Å²) in [6.45, 7) is 0.538. The molecule has 1 unspecified atom stereocenters. The highest BCUT2D eigenvalue weighted by Gasteiger charge is 2.47. The van der Waals surface area contributed by atoms with Crippen LogP contribution in [0.2, 0.25) is 0 Å². The summed E-state index contributed by atoms with van der Waals surface area (Å²) >= 11 is 6.68. The molecule has 4 rings (SSSR count). The molecule has 1 aliphatic rings. The number of nitrogens with zero attached hydrogens (tertiary/aromatic N) is 1. The Hall–Kier alpha value is -3.67. The summed E-state index contributed by atoms with van der Waals surface area (Å²) in [5.74, 6) is 1.22. The number of hydroxylamine groups is 2. The van der Waals surface area contributed by atoms with Crippen LogP contribution in [0, 0.1) is 0 Å². The first-order valence-corrected chi connectivity index (χ1v) is 11.3. The average molecular weight is 474 g/mol. The van der Waals surface area contributed by atoms with E-state index in [1.807, 2.05) is 91.0 Å². The monoisotopic (exact) mass is 473 g/mol. The number of benzene rings is 3. The molecule has 0 saturated heterocycles.